The van der Waals surface area contributed by atoms with Gasteiger partial charge in [-0.2, -0.15) is 5.26 Å². The molecule has 3 heteroatoms. The van der Waals surface area contributed by atoms with Crippen LogP contribution in [0.1, 0.15) is 25.0 Å². The van der Waals surface area contributed by atoms with E-state index in [1.54, 1.807) is 12.1 Å². The van der Waals surface area contributed by atoms with E-state index in [9.17, 15) is 4.39 Å². The Morgan fingerprint density at radius 2 is 2.18 bits per heavy atom. The van der Waals surface area contributed by atoms with E-state index in [0.29, 0.717) is 23.6 Å². The van der Waals surface area contributed by atoms with Crippen molar-refractivity contribution < 1.29 is 4.39 Å². The second-order valence-corrected chi connectivity index (χ2v) is 5.12. The number of benzene rings is 1. The molecule has 0 saturated carbocycles. The molecule has 1 aliphatic heterocycles. The van der Waals surface area contributed by atoms with Crippen LogP contribution in [-0.2, 0) is 6.54 Å². The molecule has 2 nitrogen and oxygen atoms in total. The van der Waals surface area contributed by atoms with Crippen LogP contribution in [-0.4, -0.2) is 18.0 Å². The minimum atomic E-state index is -0.267. The van der Waals surface area contributed by atoms with Gasteiger partial charge >= 0.3 is 0 Å². The Bertz CT molecular complexity index is 442. The third kappa shape index (κ3) is 2.65. The minimum Gasteiger partial charge on any atom is -0.298 e. The molecule has 1 aromatic rings. The average Bonchev–Trinajstić information content (AvgIpc) is 2.23. The van der Waals surface area contributed by atoms with Crippen LogP contribution < -0.4 is 0 Å². The molecule has 0 atom stereocenters. The third-order valence-electron chi connectivity index (χ3n) is 3.50. The summed E-state index contributed by atoms with van der Waals surface area (Å²) in [5.41, 5.74) is 1.07. The van der Waals surface area contributed by atoms with Gasteiger partial charge in [0, 0.05) is 25.2 Å². The van der Waals surface area contributed by atoms with E-state index in [0.717, 1.165) is 19.0 Å². The molecule has 0 aliphatic carbocycles. The van der Waals surface area contributed by atoms with Gasteiger partial charge in [-0.3, -0.25) is 4.90 Å². The zero-order valence-electron chi connectivity index (χ0n) is 10.3. The minimum absolute atomic E-state index is 0.267. The molecule has 0 amide bonds. The standard InChI is InChI=1S/C14H17FN2/c1-10(2)13-8-17(9-13)7-12-4-3-11(6-16)5-14(12)15/h3-5,10,13H,7-9H2,1-2H3. The fourth-order valence-electron chi connectivity index (χ4n) is 2.15. The van der Waals surface area contributed by atoms with Crippen LogP contribution in [0.15, 0.2) is 18.2 Å². The Morgan fingerprint density at radius 3 is 2.71 bits per heavy atom. The molecule has 1 heterocycles. The third-order valence-corrected chi connectivity index (χ3v) is 3.50. The molecule has 0 unspecified atom stereocenters. The fraction of sp³-hybridized carbons (Fsp3) is 0.500. The zero-order chi connectivity index (χ0) is 12.4. The van der Waals surface area contributed by atoms with Crippen molar-refractivity contribution in [1.82, 2.24) is 4.90 Å². The monoisotopic (exact) mass is 232 g/mol. The molecule has 0 radical (unpaired) electrons. The van der Waals surface area contributed by atoms with Gasteiger partial charge in [-0.05, 0) is 24.0 Å². The lowest BCUT2D eigenvalue weighted by atomic mass is 9.88. The largest absolute Gasteiger partial charge is 0.298 e. The van der Waals surface area contributed by atoms with Gasteiger partial charge in [0.25, 0.3) is 0 Å². The van der Waals surface area contributed by atoms with Crippen molar-refractivity contribution in [3.63, 3.8) is 0 Å². The van der Waals surface area contributed by atoms with Crippen molar-refractivity contribution in [3.05, 3.63) is 35.1 Å². The Hall–Kier alpha value is -1.40. The van der Waals surface area contributed by atoms with Crippen molar-refractivity contribution in [2.75, 3.05) is 13.1 Å². The number of likely N-dealkylation sites (tertiary alicyclic amines) is 1. The second-order valence-electron chi connectivity index (χ2n) is 5.12. The fourth-order valence-corrected chi connectivity index (χ4v) is 2.15. The summed E-state index contributed by atoms with van der Waals surface area (Å²) in [6.45, 7) is 7.21. The maximum absolute atomic E-state index is 13.6. The predicted molar refractivity (Wildman–Crippen MR) is 64.7 cm³/mol. The van der Waals surface area contributed by atoms with Gasteiger partial charge in [0.2, 0.25) is 0 Å². The van der Waals surface area contributed by atoms with Crippen LogP contribution in [0.4, 0.5) is 4.39 Å². The van der Waals surface area contributed by atoms with Gasteiger partial charge in [-0.1, -0.05) is 19.9 Å². The smallest absolute Gasteiger partial charge is 0.129 e. The number of rotatable bonds is 3. The van der Waals surface area contributed by atoms with E-state index < -0.39 is 0 Å². The molecule has 1 aliphatic rings. The summed E-state index contributed by atoms with van der Waals surface area (Å²) in [6, 6.07) is 6.66. The molecule has 1 aromatic carbocycles. The second kappa shape index (κ2) is 4.85. The van der Waals surface area contributed by atoms with Crippen molar-refractivity contribution in [1.29, 1.82) is 5.26 Å². The van der Waals surface area contributed by atoms with Crippen molar-refractivity contribution in [2.45, 2.75) is 20.4 Å². The highest BCUT2D eigenvalue weighted by molar-refractivity contribution is 5.32. The molecule has 0 N–H and O–H groups in total. The van der Waals surface area contributed by atoms with Crippen molar-refractivity contribution in [3.8, 4) is 6.07 Å². The lowest BCUT2D eigenvalue weighted by Gasteiger charge is -2.41. The maximum Gasteiger partial charge on any atom is 0.129 e. The van der Waals surface area contributed by atoms with Gasteiger partial charge in [0.1, 0.15) is 5.82 Å². The zero-order valence-corrected chi connectivity index (χ0v) is 10.3. The summed E-state index contributed by atoms with van der Waals surface area (Å²) in [4.78, 5) is 2.25. The van der Waals surface area contributed by atoms with Crippen LogP contribution in [0, 0.1) is 29.0 Å². The number of hydrogen-bond donors (Lipinski definition) is 0. The van der Waals surface area contributed by atoms with Gasteiger partial charge < -0.3 is 0 Å². The number of nitrogens with zero attached hydrogens (tertiary/aromatic N) is 2. The highest BCUT2D eigenvalue weighted by Crippen LogP contribution is 2.25. The Labute approximate surface area is 102 Å². The number of halogens is 1. The molecule has 1 fully saturated rings. The lowest BCUT2D eigenvalue weighted by Crippen LogP contribution is -2.48. The van der Waals surface area contributed by atoms with Crippen molar-refractivity contribution >= 4 is 0 Å². The van der Waals surface area contributed by atoms with Gasteiger partial charge in [0.05, 0.1) is 11.6 Å². The normalized spacial score (nSPS) is 16.9. The van der Waals surface area contributed by atoms with E-state index in [1.807, 2.05) is 6.07 Å². The SMILES string of the molecule is CC(C)C1CN(Cc2ccc(C#N)cc2F)C1. The average molecular weight is 232 g/mol. The number of hydrogen-bond acceptors (Lipinski definition) is 2. The van der Waals surface area contributed by atoms with Gasteiger partial charge in [0.15, 0.2) is 0 Å². The summed E-state index contributed by atoms with van der Waals surface area (Å²) in [7, 11) is 0. The molecule has 17 heavy (non-hydrogen) atoms. The summed E-state index contributed by atoms with van der Waals surface area (Å²) in [5.74, 6) is 1.19. The van der Waals surface area contributed by atoms with E-state index >= 15 is 0 Å². The van der Waals surface area contributed by atoms with Crippen molar-refractivity contribution in [2.24, 2.45) is 11.8 Å². The predicted octanol–water partition coefficient (Wildman–Crippen LogP) is 2.79. The summed E-state index contributed by atoms with van der Waals surface area (Å²) < 4.78 is 13.6. The quantitative estimate of drug-likeness (QED) is 0.801. The van der Waals surface area contributed by atoms with E-state index in [-0.39, 0.29) is 5.82 Å². The number of nitriles is 1. The van der Waals surface area contributed by atoms with E-state index in [2.05, 4.69) is 18.7 Å². The van der Waals surface area contributed by atoms with E-state index in [1.165, 1.54) is 6.07 Å². The summed E-state index contributed by atoms with van der Waals surface area (Å²) in [5, 5.41) is 8.66. The van der Waals surface area contributed by atoms with Crippen LogP contribution in [0.2, 0.25) is 0 Å². The lowest BCUT2D eigenvalue weighted by molar-refractivity contribution is 0.0604. The molecular formula is C14H17FN2. The first kappa shape index (κ1) is 12.1. The Kier molecular flexibility index (Phi) is 3.44. The van der Waals surface area contributed by atoms with E-state index in [4.69, 9.17) is 5.26 Å². The summed E-state index contributed by atoms with van der Waals surface area (Å²) in [6.07, 6.45) is 0. The highest BCUT2D eigenvalue weighted by Gasteiger charge is 2.29. The molecule has 0 spiro atoms. The van der Waals surface area contributed by atoms with Crippen LogP contribution in [0.3, 0.4) is 0 Å². The molecule has 0 bridgehead atoms. The van der Waals surface area contributed by atoms with Gasteiger partial charge in [-0.25, -0.2) is 4.39 Å². The van der Waals surface area contributed by atoms with Gasteiger partial charge in [-0.15, -0.1) is 0 Å². The summed E-state index contributed by atoms with van der Waals surface area (Å²) >= 11 is 0. The topological polar surface area (TPSA) is 27.0 Å². The molecule has 1 saturated heterocycles. The molecule has 90 valence electrons. The van der Waals surface area contributed by atoms with Crippen LogP contribution in [0.25, 0.3) is 0 Å². The Morgan fingerprint density at radius 1 is 1.47 bits per heavy atom. The van der Waals surface area contributed by atoms with Crippen LogP contribution in [0.5, 0.6) is 0 Å². The first-order chi connectivity index (χ1) is 8.10. The Balaban J connectivity index is 1.95. The maximum atomic E-state index is 13.6. The highest BCUT2D eigenvalue weighted by atomic mass is 19.1. The van der Waals surface area contributed by atoms with Crippen LogP contribution >= 0.6 is 0 Å². The molecule has 2 rings (SSSR count). The molecular weight excluding hydrogens is 215 g/mol. The molecule has 0 aromatic heterocycles. The first-order valence-corrected chi connectivity index (χ1v) is 6.01. The first-order valence-electron chi connectivity index (χ1n) is 6.01.